The van der Waals surface area contributed by atoms with E-state index in [4.69, 9.17) is 10.8 Å². The summed E-state index contributed by atoms with van der Waals surface area (Å²) in [7, 11) is 0. The molecule has 0 aliphatic heterocycles. The Hall–Kier alpha value is -2.16. The Balaban J connectivity index is 1.45. The summed E-state index contributed by atoms with van der Waals surface area (Å²) in [5, 5.41) is 14.2. The SMILES string of the molecule is CCc1ccc(-c2nc(CSc3nnc(-c4cccs4)n3N)cs2)cc1. The van der Waals surface area contributed by atoms with Crippen molar-refractivity contribution < 1.29 is 0 Å². The van der Waals surface area contributed by atoms with E-state index < -0.39 is 0 Å². The second kappa shape index (κ2) is 7.61. The Kier molecular flexibility index (Phi) is 5.05. The first-order valence-electron chi connectivity index (χ1n) is 8.15. The smallest absolute Gasteiger partial charge is 0.210 e. The predicted octanol–water partition coefficient (Wildman–Crippen LogP) is 4.70. The average molecular weight is 400 g/mol. The summed E-state index contributed by atoms with van der Waals surface area (Å²) in [6.07, 6.45) is 1.05. The summed E-state index contributed by atoms with van der Waals surface area (Å²) >= 11 is 4.81. The molecule has 4 rings (SSSR count). The third kappa shape index (κ3) is 3.53. The minimum Gasteiger partial charge on any atom is -0.335 e. The molecule has 0 atom stereocenters. The number of nitrogens with two attached hydrogens (primary N) is 1. The zero-order valence-corrected chi connectivity index (χ0v) is 16.6. The monoisotopic (exact) mass is 399 g/mol. The Bertz CT molecular complexity index is 986. The number of aromatic nitrogens is 4. The van der Waals surface area contributed by atoms with Gasteiger partial charge in [-0.2, -0.15) is 0 Å². The van der Waals surface area contributed by atoms with Crippen molar-refractivity contribution in [3.63, 3.8) is 0 Å². The van der Waals surface area contributed by atoms with Gasteiger partial charge in [-0.05, 0) is 23.4 Å². The largest absolute Gasteiger partial charge is 0.335 e. The predicted molar refractivity (Wildman–Crippen MR) is 110 cm³/mol. The van der Waals surface area contributed by atoms with Gasteiger partial charge in [0.2, 0.25) is 5.16 Å². The van der Waals surface area contributed by atoms with Gasteiger partial charge >= 0.3 is 0 Å². The van der Waals surface area contributed by atoms with Gasteiger partial charge in [0.1, 0.15) is 5.01 Å². The third-order valence-corrected chi connectivity index (χ3v) is 6.70. The van der Waals surface area contributed by atoms with E-state index in [-0.39, 0.29) is 0 Å². The van der Waals surface area contributed by atoms with Gasteiger partial charge < -0.3 is 5.84 Å². The first-order valence-corrected chi connectivity index (χ1v) is 10.9. The van der Waals surface area contributed by atoms with Crippen LogP contribution in [0.25, 0.3) is 21.3 Å². The van der Waals surface area contributed by atoms with Gasteiger partial charge in [0.25, 0.3) is 0 Å². The minimum atomic E-state index is 0.690. The molecule has 5 nitrogen and oxygen atoms in total. The lowest BCUT2D eigenvalue weighted by Gasteiger charge is -2.01. The fourth-order valence-corrected chi connectivity index (χ4v) is 4.86. The van der Waals surface area contributed by atoms with Crippen LogP contribution in [0.2, 0.25) is 0 Å². The van der Waals surface area contributed by atoms with Crippen LogP contribution in [0.3, 0.4) is 0 Å². The van der Waals surface area contributed by atoms with Crippen molar-refractivity contribution in [3.8, 4) is 21.3 Å². The molecular weight excluding hydrogens is 382 g/mol. The van der Waals surface area contributed by atoms with Crippen molar-refractivity contribution in [2.24, 2.45) is 0 Å². The van der Waals surface area contributed by atoms with E-state index in [2.05, 4.69) is 46.8 Å². The van der Waals surface area contributed by atoms with Crippen molar-refractivity contribution in [2.75, 3.05) is 5.84 Å². The highest BCUT2D eigenvalue weighted by atomic mass is 32.2. The van der Waals surface area contributed by atoms with Gasteiger partial charge in [0, 0.05) is 16.7 Å². The number of hydrogen-bond donors (Lipinski definition) is 1. The van der Waals surface area contributed by atoms with Crippen molar-refractivity contribution >= 4 is 34.4 Å². The first-order chi connectivity index (χ1) is 12.7. The summed E-state index contributed by atoms with van der Waals surface area (Å²) in [6, 6.07) is 12.6. The molecule has 0 saturated heterocycles. The third-order valence-electron chi connectivity index (χ3n) is 3.92. The van der Waals surface area contributed by atoms with Crippen LogP contribution in [0, 0.1) is 0 Å². The number of aryl methyl sites for hydroxylation is 1. The van der Waals surface area contributed by atoms with Crippen molar-refractivity contribution in [1.82, 2.24) is 19.9 Å². The van der Waals surface area contributed by atoms with Gasteiger partial charge in [-0.15, -0.1) is 32.9 Å². The highest BCUT2D eigenvalue weighted by Crippen LogP contribution is 2.29. The lowest BCUT2D eigenvalue weighted by molar-refractivity contribution is 0.850. The second-order valence-electron chi connectivity index (χ2n) is 5.64. The Labute approximate surface area is 163 Å². The Morgan fingerprint density at radius 2 is 1.96 bits per heavy atom. The number of thioether (sulfide) groups is 1. The maximum Gasteiger partial charge on any atom is 0.210 e. The van der Waals surface area contributed by atoms with Crippen LogP contribution < -0.4 is 5.84 Å². The summed E-state index contributed by atoms with van der Waals surface area (Å²) in [4.78, 5) is 5.75. The van der Waals surface area contributed by atoms with Crippen LogP contribution in [-0.2, 0) is 12.2 Å². The molecule has 0 amide bonds. The molecule has 0 aliphatic carbocycles. The Morgan fingerprint density at radius 3 is 2.69 bits per heavy atom. The minimum absolute atomic E-state index is 0.690. The van der Waals surface area contributed by atoms with Crippen LogP contribution in [0.15, 0.2) is 52.3 Å². The molecule has 132 valence electrons. The molecule has 0 unspecified atom stereocenters. The van der Waals surface area contributed by atoms with Gasteiger partial charge in [0.05, 0.1) is 10.6 Å². The molecule has 0 aliphatic rings. The molecule has 1 aromatic carbocycles. The lowest BCUT2D eigenvalue weighted by atomic mass is 10.1. The van der Waals surface area contributed by atoms with Crippen LogP contribution in [0.5, 0.6) is 0 Å². The number of rotatable bonds is 6. The van der Waals surface area contributed by atoms with E-state index in [1.54, 1.807) is 39.1 Å². The van der Waals surface area contributed by atoms with E-state index in [0.717, 1.165) is 27.6 Å². The summed E-state index contributed by atoms with van der Waals surface area (Å²) in [6.45, 7) is 2.16. The van der Waals surface area contributed by atoms with E-state index in [0.29, 0.717) is 16.7 Å². The molecule has 26 heavy (non-hydrogen) atoms. The first kappa shape index (κ1) is 17.3. The molecule has 0 bridgehead atoms. The molecule has 3 aromatic heterocycles. The van der Waals surface area contributed by atoms with Gasteiger partial charge in [-0.1, -0.05) is 49.0 Å². The molecule has 2 N–H and O–H groups in total. The maximum absolute atomic E-state index is 6.14. The second-order valence-corrected chi connectivity index (χ2v) is 8.38. The fourth-order valence-electron chi connectivity index (χ4n) is 2.48. The number of thiophene rings is 1. The molecule has 4 aromatic rings. The number of benzene rings is 1. The molecular formula is C18H17N5S3. The summed E-state index contributed by atoms with van der Waals surface area (Å²) in [5.74, 6) is 7.55. The molecule has 3 heterocycles. The number of hydrogen-bond acceptors (Lipinski definition) is 7. The van der Waals surface area contributed by atoms with E-state index >= 15 is 0 Å². The van der Waals surface area contributed by atoms with Gasteiger partial charge in [-0.25, -0.2) is 9.66 Å². The van der Waals surface area contributed by atoms with Crippen LogP contribution in [0.1, 0.15) is 18.2 Å². The van der Waals surface area contributed by atoms with Crippen LogP contribution in [0.4, 0.5) is 0 Å². The van der Waals surface area contributed by atoms with Gasteiger partial charge in [-0.3, -0.25) is 0 Å². The van der Waals surface area contributed by atoms with Crippen molar-refractivity contribution in [3.05, 3.63) is 58.4 Å². The zero-order valence-electron chi connectivity index (χ0n) is 14.1. The highest BCUT2D eigenvalue weighted by molar-refractivity contribution is 7.98. The van der Waals surface area contributed by atoms with E-state index in [9.17, 15) is 0 Å². The summed E-state index contributed by atoms with van der Waals surface area (Å²) < 4.78 is 1.55. The molecule has 0 spiro atoms. The average Bonchev–Trinajstić information content (AvgIpc) is 3.41. The van der Waals surface area contributed by atoms with Crippen molar-refractivity contribution in [2.45, 2.75) is 24.3 Å². The number of nitrogen functional groups attached to an aromatic ring is 1. The van der Waals surface area contributed by atoms with Gasteiger partial charge in [0.15, 0.2) is 5.82 Å². The number of nitrogens with zero attached hydrogens (tertiary/aromatic N) is 4. The normalized spacial score (nSPS) is 11.1. The molecule has 8 heteroatoms. The fraction of sp³-hybridized carbons (Fsp3) is 0.167. The standard InChI is InChI=1S/C18H17N5S3/c1-2-12-5-7-13(8-6-12)17-20-14(10-25-17)11-26-18-22-21-16(23(18)19)15-4-3-9-24-15/h3-10H,2,11,19H2,1H3. The van der Waals surface area contributed by atoms with Crippen LogP contribution >= 0.6 is 34.4 Å². The quantitative estimate of drug-likeness (QED) is 0.376. The van der Waals surface area contributed by atoms with Crippen molar-refractivity contribution in [1.29, 1.82) is 0 Å². The van der Waals surface area contributed by atoms with E-state index in [1.165, 1.54) is 5.56 Å². The summed E-state index contributed by atoms with van der Waals surface area (Å²) in [5.41, 5.74) is 3.52. The topological polar surface area (TPSA) is 69.6 Å². The zero-order chi connectivity index (χ0) is 17.9. The molecule has 0 saturated carbocycles. The number of thiazole rings is 1. The molecule has 0 radical (unpaired) electrons. The van der Waals surface area contributed by atoms with E-state index in [1.807, 2.05) is 17.5 Å². The Morgan fingerprint density at radius 1 is 1.12 bits per heavy atom. The lowest BCUT2D eigenvalue weighted by Crippen LogP contribution is -2.11. The molecule has 0 fully saturated rings. The maximum atomic E-state index is 6.14. The van der Waals surface area contributed by atoms with Crippen LogP contribution in [-0.4, -0.2) is 19.9 Å². The highest BCUT2D eigenvalue weighted by Gasteiger charge is 2.14.